The number of ether oxygens (including phenoxy) is 1. The lowest BCUT2D eigenvalue weighted by Gasteiger charge is -2.15. The number of carbonyl (C=O) groups is 2. The Morgan fingerprint density at radius 2 is 2.11 bits per heavy atom. The molecule has 0 N–H and O–H groups in total. The van der Waals surface area contributed by atoms with E-state index >= 15 is 0 Å². The second-order valence-corrected chi connectivity index (χ2v) is 3.54. The second kappa shape index (κ2) is 5.67. The van der Waals surface area contributed by atoms with Gasteiger partial charge in [0.15, 0.2) is 5.75 Å². The van der Waals surface area contributed by atoms with Gasteiger partial charge in [-0.1, -0.05) is 23.0 Å². The smallest absolute Gasteiger partial charge is 0.425 e. The van der Waals surface area contributed by atoms with Gasteiger partial charge in [0.05, 0.1) is 6.20 Å². The third kappa shape index (κ3) is 3.09. The molecule has 0 radical (unpaired) electrons. The molecule has 1 amide bonds. The summed E-state index contributed by atoms with van der Waals surface area (Å²) in [4.78, 5) is 29.1. The minimum Gasteiger partial charge on any atom is -0.425 e. The Labute approximate surface area is 108 Å². The van der Waals surface area contributed by atoms with E-state index < -0.39 is 6.09 Å². The molecule has 0 atom stereocenters. The van der Waals surface area contributed by atoms with Crippen molar-refractivity contribution < 1.29 is 19.2 Å². The number of rotatable bonds is 4. The maximum absolute atomic E-state index is 11.8. The van der Waals surface area contributed by atoms with E-state index in [0.29, 0.717) is 5.69 Å². The van der Waals surface area contributed by atoms with E-state index in [0.717, 1.165) is 4.85 Å². The molecule has 0 fully saturated rings. The molecule has 1 aromatic heterocycles. The molecule has 0 unspecified atom stereocenters. The first-order valence-corrected chi connectivity index (χ1v) is 5.37. The Morgan fingerprint density at radius 1 is 1.37 bits per heavy atom. The Hall–Kier alpha value is -2.83. The van der Waals surface area contributed by atoms with E-state index in [2.05, 4.69) is 9.84 Å². The fourth-order valence-corrected chi connectivity index (χ4v) is 1.35. The molecule has 1 aromatic carbocycles. The van der Waals surface area contributed by atoms with Gasteiger partial charge in [0.2, 0.25) is 0 Å². The highest BCUT2D eigenvalue weighted by Gasteiger charge is 2.14. The first-order valence-electron chi connectivity index (χ1n) is 5.37. The van der Waals surface area contributed by atoms with E-state index in [1.165, 1.54) is 17.3 Å². The minimum absolute atomic E-state index is 0.185. The van der Waals surface area contributed by atoms with E-state index in [1.54, 1.807) is 19.2 Å². The van der Waals surface area contributed by atoms with Crippen molar-refractivity contribution in [3.63, 3.8) is 0 Å². The number of nitrogens with zero attached hydrogens (tertiary/aromatic N) is 3. The lowest BCUT2D eigenvalue weighted by Crippen LogP contribution is -2.34. The molecule has 0 aliphatic rings. The van der Waals surface area contributed by atoms with Crippen LogP contribution in [0.2, 0.25) is 0 Å². The van der Waals surface area contributed by atoms with E-state index in [4.69, 9.17) is 4.84 Å². The van der Waals surface area contributed by atoms with Crippen LogP contribution in [0, 0.1) is 0 Å². The summed E-state index contributed by atoms with van der Waals surface area (Å²) in [5.41, 5.74) is 0.684. The molecule has 2 aromatic rings. The Bertz CT molecular complexity index is 567. The van der Waals surface area contributed by atoms with Gasteiger partial charge in [0.1, 0.15) is 6.20 Å². The summed E-state index contributed by atoms with van der Waals surface area (Å²) in [7, 11) is 1.57. The minimum atomic E-state index is -0.619. The summed E-state index contributed by atoms with van der Waals surface area (Å²) in [6, 6.07) is 9.00. The molecule has 0 saturated carbocycles. The molecule has 98 valence electrons. The van der Waals surface area contributed by atoms with Gasteiger partial charge in [-0.25, -0.2) is 4.79 Å². The Morgan fingerprint density at radius 3 is 2.79 bits per heavy atom. The zero-order chi connectivity index (χ0) is 13.7. The number of benzene rings is 1. The zero-order valence-electron chi connectivity index (χ0n) is 10.1. The maximum atomic E-state index is 11.8. The van der Waals surface area contributed by atoms with Crippen molar-refractivity contribution in [2.24, 2.45) is 0 Å². The molecule has 0 spiro atoms. The average molecular weight is 261 g/mol. The summed E-state index contributed by atoms with van der Waals surface area (Å²) < 4.78 is 4.54. The first-order chi connectivity index (χ1) is 9.20. The molecule has 7 heteroatoms. The highest BCUT2D eigenvalue weighted by atomic mass is 16.7. The highest BCUT2D eigenvalue weighted by molar-refractivity contribution is 5.87. The first kappa shape index (κ1) is 12.6. The maximum Gasteiger partial charge on any atom is 0.440 e. The van der Waals surface area contributed by atoms with Gasteiger partial charge in [0.25, 0.3) is 6.47 Å². The van der Waals surface area contributed by atoms with Gasteiger partial charge in [-0.15, -0.1) is 5.10 Å². The lowest BCUT2D eigenvalue weighted by molar-refractivity contribution is -0.120. The van der Waals surface area contributed by atoms with Gasteiger partial charge >= 0.3 is 6.09 Å². The molecule has 0 saturated heterocycles. The average Bonchev–Trinajstić information content (AvgIpc) is 2.86. The van der Waals surface area contributed by atoms with E-state index in [9.17, 15) is 9.59 Å². The van der Waals surface area contributed by atoms with Crippen molar-refractivity contribution in [1.82, 2.24) is 9.94 Å². The third-order valence-electron chi connectivity index (χ3n) is 2.31. The predicted molar refractivity (Wildman–Crippen MR) is 65.7 cm³/mol. The zero-order valence-corrected chi connectivity index (χ0v) is 10.1. The van der Waals surface area contributed by atoms with Gasteiger partial charge in [0, 0.05) is 12.7 Å². The molecule has 0 bridgehead atoms. The third-order valence-corrected chi connectivity index (χ3v) is 2.31. The van der Waals surface area contributed by atoms with Crippen molar-refractivity contribution >= 4 is 18.3 Å². The van der Waals surface area contributed by atoms with Crippen molar-refractivity contribution in [2.45, 2.75) is 0 Å². The topological polar surface area (TPSA) is 73.7 Å². The van der Waals surface area contributed by atoms with Crippen LogP contribution in [0.1, 0.15) is 0 Å². The van der Waals surface area contributed by atoms with Crippen LogP contribution in [0.15, 0.2) is 42.7 Å². The number of amides is 1. The summed E-state index contributed by atoms with van der Waals surface area (Å²) in [6.07, 6.45) is 1.90. The number of aromatic nitrogens is 2. The second-order valence-electron chi connectivity index (χ2n) is 3.54. The Kier molecular flexibility index (Phi) is 3.77. The van der Waals surface area contributed by atoms with Crippen molar-refractivity contribution in [3.05, 3.63) is 42.7 Å². The summed E-state index contributed by atoms with van der Waals surface area (Å²) in [6.45, 7) is 0.263. The van der Waals surface area contributed by atoms with Crippen LogP contribution >= 0.6 is 0 Å². The molecule has 19 heavy (non-hydrogen) atoms. The van der Waals surface area contributed by atoms with E-state index in [1.807, 2.05) is 18.2 Å². The summed E-state index contributed by atoms with van der Waals surface area (Å²) in [5.74, 6) is 0.185. The fourth-order valence-electron chi connectivity index (χ4n) is 1.35. The lowest BCUT2D eigenvalue weighted by atomic mass is 10.3. The molecular formula is C12H11N3O4. The van der Waals surface area contributed by atoms with E-state index in [-0.39, 0.29) is 12.2 Å². The molecule has 0 aliphatic heterocycles. The van der Waals surface area contributed by atoms with Crippen molar-refractivity contribution in [3.8, 4) is 5.75 Å². The molecule has 7 nitrogen and oxygen atoms in total. The van der Waals surface area contributed by atoms with Crippen LogP contribution in [0.25, 0.3) is 0 Å². The fraction of sp³-hybridized carbons (Fsp3) is 0.0833. The SMILES string of the molecule is CN(C(=O)On1cc(OC=O)cn1)c1ccccc1. The van der Waals surface area contributed by atoms with Crippen LogP contribution in [-0.4, -0.2) is 29.6 Å². The molecular weight excluding hydrogens is 250 g/mol. The van der Waals surface area contributed by atoms with Gasteiger partial charge in [-0.2, -0.15) is 0 Å². The Balaban J connectivity index is 2.02. The number of hydrogen-bond acceptors (Lipinski definition) is 5. The van der Waals surface area contributed by atoms with Crippen molar-refractivity contribution in [2.75, 3.05) is 11.9 Å². The van der Waals surface area contributed by atoms with Crippen LogP contribution in [0.4, 0.5) is 10.5 Å². The monoisotopic (exact) mass is 261 g/mol. The quantitative estimate of drug-likeness (QED) is 0.770. The standard InChI is InChI=1S/C12H11N3O4/c1-14(10-5-3-2-4-6-10)12(17)19-15-8-11(7-13-15)18-9-16/h2-9H,1H3. The predicted octanol–water partition coefficient (Wildman–Crippen LogP) is 1.10. The summed E-state index contributed by atoms with van der Waals surface area (Å²) in [5, 5.41) is 3.71. The van der Waals surface area contributed by atoms with Crippen molar-refractivity contribution in [1.29, 1.82) is 0 Å². The van der Waals surface area contributed by atoms with Gasteiger partial charge < -0.3 is 4.74 Å². The molecule has 0 aliphatic carbocycles. The molecule has 2 rings (SSSR count). The largest absolute Gasteiger partial charge is 0.440 e. The summed E-state index contributed by atoms with van der Waals surface area (Å²) >= 11 is 0. The van der Waals surface area contributed by atoms with Crippen LogP contribution in [-0.2, 0) is 4.79 Å². The highest BCUT2D eigenvalue weighted by Crippen LogP contribution is 2.11. The normalized spacial score (nSPS) is 9.74. The van der Waals surface area contributed by atoms with Crippen LogP contribution in [0.3, 0.4) is 0 Å². The number of carbonyl (C=O) groups excluding carboxylic acids is 2. The molecule has 1 heterocycles. The van der Waals surface area contributed by atoms with Gasteiger partial charge in [-0.05, 0) is 12.1 Å². The van der Waals surface area contributed by atoms with Crippen LogP contribution < -0.4 is 14.5 Å². The van der Waals surface area contributed by atoms with Gasteiger partial charge in [-0.3, -0.25) is 14.5 Å². The number of hydrogen-bond donors (Lipinski definition) is 0. The number of anilines is 1. The van der Waals surface area contributed by atoms with Crippen LogP contribution in [0.5, 0.6) is 5.75 Å². The number of para-hydroxylation sites is 1.